The molecule has 1 heterocycles. The van der Waals surface area contributed by atoms with Crippen molar-refractivity contribution >= 4 is 0 Å². The molecular formula is C12H26N2O2. The van der Waals surface area contributed by atoms with Crippen LogP contribution in [0.2, 0.25) is 0 Å². The van der Waals surface area contributed by atoms with E-state index in [0.717, 1.165) is 19.4 Å². The summed E-state index contributed by atoms with van der Waals surface area (Å²) in [6.45, 7) is 7.75. The fourth-order valence-electron chi connectivity index (χ4n) is 1.82. The zero-order valence-electron chi connectivity index (χ0n) is 10.8. The number of hydrogen-bond donors (Lipinski definition) is 2. The lowest BCUT2D eigenvalue weighted by Crippen LogP contribution is -2.41. The molecule has 1 aliphatic rings. The first kappa shape index (κ1) is 13.9. The van der Waals surface area contributed by atoms with Crippen LogP contribution in [0.3, 0.4) is 0 Å². The SMILES string of the molecule is CC(C)(C)OCC(CCC1CCCO1)NN. The summed E-state index contributed by atoms with van der Waals surface area (Å²) in [5.74, 6) is 5.52. The monoisotopic (exact) mass is 230 g/mol. The van der Waals surface area contributed by atoms with Crippen molar-refractivity contribution in [2.24, 2.45) is 5.84 Å². The van der Waals surface area contributed by atoms with Gasteiger partial charge in [0, 0.05) is 12.6 Å². The standard InChI is InChI=1S/C12H26N2O2/c1-12(2,3)16-9-10(14-13)6-7-11-5-4-8-15-11/h10-11,14H,4-9,13H2,1-3H3. The van der Waals surface area contributed by atoms with E-state index in [1.54, 1.807) is 0 Å². The van der Waals surface area contributed by atoms with Crippen LogP contribution in [0.25, 0.3) is 0 Å². The summed E-state index contributed by atoms with van der Waals surface area (Å²) in [4.78, 5) is 0. The Balaban J connectivity index is 2.15. The molecule has 1 aliphatic heterocycles. The van der Waals surface area contributed by atoms with Gasteiger partial charge in [0.2, 0.25) is 0 Å². The average Bonchev–Trinajstić information content (AvgIpc) is 2.69. The molecule has 1 rings (SSSR count). The van der Waals surface area contributed by atoms with Crippen molar-refractivity contribution in [2.45, 2.75) is 64.2 Å². The molecule has 3 N–H and O–H groups in total. The van der Waals surface area contributed by atoms with Gasteiger partial charge < -0.3 is 9.47 Å². The van der Waals surface area contributed by atoms with Gasteiger partial charge in [-0.1, -0.05) is 0 Å². The van der Waals surface area contributed by atoms with Gasteiger partial charge in [-0.15, -0.1) is 0 Å². The average molecular weight is 230 g/mol. The second-order valence-corrected chi connectivity index (χ2v) is 5.50. The summed E-state index contributed by atoms with van der Waals surface area (Å²) in [7, 11) is 0. The summed E-state index contributed by atoms with van der Waals surface area (Å²) in [5, 5.41) is 0. The van der Waals surface area contributed by atoms with Crippen LogP contribution in [-0.2, 0) is 9.47 Å². The summed E-state index contributed by atoms with van der Waals surface area (Å²) in [6, 6.07) is 0.225. The van der Waals surface area contributed by atoms with Gasteiger partial charge in [0.25, 0.3) is 0 Å². The van der Waals surface area contributed by atoms with Crippen LogP contribution in [0.1, 0.15) is 46.5 Å². The van der Waals surface area contributed by atoms with Gasteiger partial charge in [0.15, 0.2) is 0 Å². The summed E-state index contributed by atoms with van der Waals surface area (Å²) in [6.07, 6.45) is 4.91. The van der Waals surface area contributed by atoms with E-state index in [1.807, 2.05) is 0 Å². The fourth-order valence-corrected chi connectivity index (χ4v) is 1.82. The summed E-state index contributed by atoms with van der Waals surface area (Å²) < 4.78 is 11.3. The van der Waals surface area contributed by atoms with E-state index in [4.69, 9.17) is 15.3 Å². The van der Waals surface area contributed by atoms with E-state index in [0.29, 0.717) is 12.7 Å². The van der Waals surface area contributed by atoms with E-state index in [1.165, 1.54) is 12.8 Å². The van der Waals surface area contributed by atoms with Crippen molar-refractivity contribution in [3.05, 3.63) is 0 Å². The molecule has 0 spiro atoms. The minimum absolute atomic E-state index is 0.0983. The van der Waals surface area contributed by atoms with Crippen molar-refractivity contribution in [3.63, 3.8) is 0 Å². The molecule has 0 aromatic carbocycles. The number of nitrogens with two attached hydrogens (primary N) is 1. The summed E-state index contributed by atoms with van der Waals surface area (Å²) >= 11 is 0. The van der Waals surface area contributed by atoms with E-state index in [-0.39, 0.29) is 11.6 Å². The van der Waals surface area contributed by atoms with Crippen LogP contribution in [0.5, 0.6) is 0 Å². The Kier molecular flexibility index (Phi) is 5.69. The third-order valence-corrected chi connectivity index (χ3v) is 2.81. The molecule has 0 aliphatic carbocycles. The van der Waals surface area contributed by atoms with Crippen molar-refractivity contribution in [3.8, 4) is 0 Å². The second-order valence-electron chi connectivity index (χ2n) is 5.50. The Hall–Kier alpha value is -0.160. The quantitative estimate of drug-likeness (QED) is 0.537. The minimum Gasteiger partial charge on any atom is -0.378 e. The topological polar surface area (TPSA) is 56.5 Å². The first-order valence-corrected chi connectivity index (χ1v) is 6.23. The van der Waals surface area contributed by atoms with Gasteiger partial charge in [-0.2, -0.15) is 0 Å². The molecule has 96 valence electrons. The molecule has 4 heteroatoms. The molecule has 2 atom stereocenters. The van der Waals surface area contributed by atoms with Gasteiger partial charge in [-0.3, -0.25) is 11.3 Å². The smallest absolute Gasteiger partial charge is 0.0640 e. The minimum atomic E-state index is -0.0983. The summed E-state index contributed by atoms with van der Waals surface area (Å²) in [5.41, 5.74) is 2.72. The number of hydrazine groups is 1. The number of nitrogens with one attached hydrogen (secondary N) is 1. The Bertz CT molecular complexity index is 186. The molecule has 16 heavy (non-hydrogen) atoms. The van der Waals surface area contributed by atoms with Gasteiger partial charge in [0.1, 0.15) is 0 Å². The van der Waals surface area contributed by atoms with Crippen LogP contribution in [0.15, 0.2) is 0 Å². The van der Waals surface area contributed by atoms with Gasteiger partial charge in [-0.25, -0.2) is 0 Å². The molecule has 0 aromatic rings. The maximum Gasteiger partial charge on any atom is 0.0640 e. The van der Waals surface area contributed by atoms with Crippen LogP contribution >= 0.6 is 0 Å². The molecule has 0 radical (unpaired) electrons. The van der Waals surface area contributed by atoms with Gasteiger partial charge in [0.05, 0.1) is 18.3 Å². The Morgan fingerprint density at radius 1 is 1.50 bits per heavy atom. The molecular weight excluding hydrogens is 204 g/mol. The highest BCUT2D eigenvalue weighted by Crippen LogP contribution is 2.18. The van der Waals surface area contributed by atoms with E-state index >= 15 is 0 Å². The molecule has 4 nitrogen and oxygen atoms in total. The predicted molar refractivity (Wildman–Crippen MR) is 65.0 cm³/mol. The highest BCUT2D eigenvalue weighted by atomic mass is 16.5. The van der Waals surface area contributed by atoms with Gasteiger partial charge >= 0.3 is 0 Å². The zero-order chi connectivity index (χ0) is 12.0. The fraction of sp³-hybridized carbons (Fsp3) is 1.00. The molecule has 2 unspecified atom stereocenters. The van der Waals surface area contributed by atoms with Crippen LogP contribution in [-0.4, -0.2) is 31.0 Å². The number of ether oxygens (including phenoxy) is 2. The second kappa shape index (κ2) is 6.55. The van der Waals surface area contributed by atoms with Crippen molar-refractivity contribution in [1.29, 1.82) is 0 Å². The molecule has 0 amide bonds. The van der Waals surface area contributed by atoms with Crippen molar-refractivity contribution < 1.29 is 9.47 Å². The van der Waals surface area contributed by atoms with Crippen LogP contribution in [0, 0.1) is 0 Å². The lowest BCUT2D eigenvalue weighted by atomic mass is 10.1. The molecule has 1 saturated heterocycles. The molecule has 0 saturated carbocycles. The third-order valence-electron chi connectivity index (χ3n) is 2.81. The lowest BCUT2D eigenvalue weighted by Gasteiger charge is -2.24. The van der Waals surface area contributed by atoms with Crippen LogP contribution < -0.4 is 11.3 Å². The highest BCUT2D eigenvalue weighted by Gasteiger charge is 2.19. The first-order valence-electron chi connectivity index (χ1n) is 6.23. The number of rotatable bonds is 6. The van der Waals surface area contributed by atoms with Crippen LogP contribution in [0.4, 0.5) is 0 Å². The Morgan fingerprint density at radius 2 is 2.25 bits per heavy atom. The zero-order valence-corrected chi connectivity index (χ0v) is 10.8. The molecule has 0 bridgehead atoms. The lowest BCUT2D eigenvalue weighted by molar-refractivity contribution is -0.0173. The largest absolute Gasteiger partial charge is 0.378 e. The van der Waals surface area contributed by atoms with E-state index in [9.17, 15) is 0 Å². The maximum atomic E-state index is 5.71. The third kappa shape index (κ3) is 5.80. The Labute approximate surface area is 98.8 Å². The molecule has 0 aromatic heterocycles. The maximum absolute atomic E-state index is 5.71. The predicted octanol–water partition coefficient (Wildman–Crippen LogP) is 1.59. The van der Waals surface area contributed by atoms with E-state index in [2.05, 4.69) is 26.2 Å². The van der Waals surface area contributed by atoms with E-state index < -0.39 is 0 Å². The van der Waals surface area contributed by atoms with Crippen molar-refractivity contribution in [2.75, 3.05) is 13.2 Å². The number of hydrogen-bond acceptors (Lipinski definition) is 4. The molecule has 1 fully saturated rings. The van der Waals surface area contributed by atoms with Crippen molar-refractivity contribution in [1.82, 2.24) is 5.43 Å². The van der Waals surface area contributed by atoms with Gasteiger partial charge in [-0.05, 0) is 46.5 Å². The first-order chi connectivity index (χ1) is 7.51. The normalized spacial score (nSPS) is 23.6. The Morgan fingerprint density at radius 3 is 2.75 bits per heavy atom. The highest BCUT2D eigenvalue weighted by molar-refractivity contribution is 4.71.